The lowest BCUT2D eigenvalue weighted by molar-refractivity contribution is 0.0493. The van der Waals surface area contributed by atoms with Gasteiger partial charge in [0, 0.05) is 23.1 Å². The van der Waals surface area contributed by atoms with E-state index in [2.05, 4.69) is 22.9 Å². The van der Waals surface area contributed by atoms with Gasteiger partial charge in [-0.25, -0.2) is 0 Å². The highest BCUT2D eigenvalue weighted by atomic mass is 79.9. The van der Waals surface area contributed by atoms with Crippen molar-refractivity contribution < 1.29 is 4.79 Å². The molecule has 0 radical (unpaired) electrons. The summed E-state index contributed by atoms with van der Waals surface area (Å²) in [6, 6.07) is 6.30. The normalized spacial score (nSPS) is 23.5. The Balaban J connectivity index is 2.30. The van der Waals surface area contributed by atoms with E-state index in [1.165, 1.54) is 0 Å². The standard InChI is InChI=1S/C15H21BrN2O/c1-10-6-7-13(14(16)8-10)15(19)18-11(2)4-3-5-12(18)9-17/h6-8,11-12H,3-5,9,17H2,1-2H3. The number of piperidine rings is 1. The smallest absolute Gasteiger partial charge is 0.255 e. The number of carbonyl (C=O) groups excluding carboxylic acids is 1. The third-order valence-electron chi connectivity index (χ3n) is 3.89. The van der Waals surface area contributed by atoms with Crippen LogP contribution in [0.4, 0.5) is 0 Å². The summed E-state index contributed by atoms with van der Waals surface area (Å²) in [5, 5.41) is 0. The number of nitrogens with zero attached hydrogens (tertiary/aromatic N) is 1. The maximum absolute atomic E-state index is 12.8. The second-order valence-electron chi connectivity index (χ2n) is 5.37. The Kier molecular flexibility index (Phi) is 4.63. The van der Waals surface area contributed by atoms with E-state index >= 15 is 0 Å². The molecule has 0 bridgehead atoms. The summed E-state index contributed by atoms with van der Waals surface area (Å²) < 4.78 is 0.867. The molecule has 0 spiro atoms. The Morgan fingerprint density at radius 1 is 1.47 bits per heavy atom. The molecule has 1 aromatic carbocycles. The number of halogens is 1. The van der Waals surface area contributed by atoms with Crippen LogP contribution in [0.5, 0.6) is 0 Å². The molecule has 19 heavy (non-hydrogen) atoms. The zero-order valence-corrected chi connectivity index (χ0v) is 13.1. The molecule has 2 rings (SSSR count). The number of hydrogen-bond acceptors (Lipinski definition) is 2. The fourth-order valence-electron chi connectivity index (χ4n) is 2.82. The summed E-state index contributed by atoms with van der Waals surface area (Å²) in [6.07, 6.45) is 3.23. The van der Waals surface area contributed by atoms with Crippen molar-refractivity contribution in [2.75, 3.05) is 6.54 Å². The van der Waals surface area contributed by atoms with Gasteiger partial charge in [-0.3, -0.25) is 4.79 Å². The lowest BCUT2D eigenvalue weighted by Gasteiger charge is -2.40. The van der Waals surface area contributed by atoms with Crippen LogP contribution in [0.1, 0.15) is 42.1 Å². The minimum Gasteiger partial charge on any atom is -0.332 e. The zero-order chi connectivity index (χ0) is 14.0. The van der Waals surface area contributed by atoms with Crippen LogP contribution >= 0.6 is 15.9 Å². The highest BCUT2D eigenvalue weighted by Gasteiger charge is 2.32. The van der Waals surface area contributed by atoms with E-state index in [9.17, 15) is 4.79 Å². The third kappa shape index (κ3) is 3.00. The largest absolute Gasteiger partial charge is 0.332 e. The second-order valence-corrected chi connectivity index (χ2v) is 6.22. The Morgan fingerprint density at radius 3 is 2.84 bits per heavy atom. The summed E-state index contributed by atoms with van der Waals surface area (Å²) in [5.41, 5.74) is 7.71. The van der Waals surface area contributed by atoms with Crippen LogP contribution in [0.15, 0.2) is 22.7 Å². The van der Waals surface area contributed by atoms with E-state index in [1.807, 2.05) is 30.0 Å². The molecule has 2 unspecified atom stereocenters. The second kappa shape index (κ2) is 6.06. The van der Waals surface area contributed by atoms with Gasteiger partial charge in [-0.15, -0.1) is 0 Å². The molecule has 1 aliphatic rings. The Labute approximate surface area is 123 Å². The summed E-state index contributed by atoms with van der Waals surface area (Å²) in [5.74, 6) is 0.0922. The topological polar surface area (TPSA) is 46.3 Å². The highest BCUT2D eigenvalue weighted by Crippen LogP contribution is 2.27. The molecule has 4 heteroatoms. The number of aryl methyl sites for hydroxylation is 1. The van der Waals surface area contributed by atoms with Gasteiger partial charge in [0.15, 0.2) is 0 Å². The van der Waals surface area contributed by atoms with Gasteiger partial charge < -0.3 is 10.6 Å². The predicted molar refractivity (Wildman–Crippen MR) is 81.2 cm³/mol. The van der Waals surface area contributed by atoms with Gasteiger partial charge in [-0.1, -0.05) is 6.07 Å². The maximum atomic E-state index is 12.8. The van der Waals surface area contributed by atoms with Crippen molar-refractivity contribution in [1.82, 2.24) is 4.90 Å². The molecule has 0 aliphatic carbocycles. The SMILES string of the molecule is Cc1ccc(C(=O)N2C(C)CCCC2CN)c(Br)c1. The Bertz CT molecular complexity index is 475. The van der Waals surface area contributed by atoms with Gasteiger partial charge in [-0.05, 0) is 66.7 Å². The molecule has 1 aromatic rings. The molecule has 3 nitrogen and oxygen atoms in total. The number of hydrogen-bond donors (Lipinski definition) is 1. The monoisotopic (exact) mass is 324 g/mol. The Morgan fingerprint density at radius 2 is 2.21 bits per heavy atom. The molecule has 1 saturated heterocycles. The summed E-state index contributed by atoms with van der Waals surface area (Å²) in [6.45, 7) is 4.67. The van der Waals surface area contributed by atoms with Crippen LogP contribution < -0.4 is 5.73 Å². The fraction of sp³-hybridized carbons (Fsp3) is 0.533. The summed E-state index contributed by atoms with van der Waals surface area (Å²) >= 11 is 3.50. The first-order valence-electron chi connectivity index (χ1n) is 6.83. The third-order valence-corrected chi connectivity index (χ3v) is 4.55. The van der Waals surface area contributed by atoms with Crippen LogP contribution in [0.3, 0.4) is 0 Å². The van der Waals surface area contributed by atoms with Crippen molar-refractivity contribution in [3.8, 4) is 0 Å². The molecule has 2 atom stereocenters. The molecule has 1 heterocycles. The lowest BCUT2D eigenvalue weighted by atomic mass is 9.95. The molecule has 1 fully saturated rings. The number of rotatable bonds is 2. The molecule has 1 aliphatic heterocycles. The minimum absolute atomic E-state index is 0.0922. The first kappa shape index (κ1) is 14.5. The molecular formula is C15H21BrN2O. The van der Waals surface area contributed by atoms with E-state index in [4.69, 9.17) is 5.73 Å². The molecule has 0 saturated carbocycles. The summed E-state index contributed by atoms with van der Waals surface area (Å²) in [7, 11) is 0. The average molecular weight is 325 g/mol. The highest BCUT2D eigenvalue weighted by molar-refractivity contribution is 9.10. The lowest BCUT2D eigenvalue weighted by Crippen LogP contribution is -2.51. The van der Waals surface area contributed by atoms with Crippen molar-refractivity contribution in [1.29, 1.82) is 0 Å². The van der Waals surface area contributed by atoms with Gasteiger partial charge in [-0.2, -0.15) is 0 Å². The average Bonchev–Trinajstić information content (AvgIpc) is 2.37. The number of amides is 1. The fourth-order valence-corrected chi connectivity index (χ4v) is 3.48. The van der Waals surface area contributed by atoms with E-state index < -0.39 is 0 Å². The van der Waals surface area contributed by atoms with Crippen LogP contribution in [0, 0.1) is 6.92 Å². The van der Waals surface area contributed by atoms with Crippen molar-refractivity contribution in [2.24, 2.45) is 5.73 Å². The van der Waals surface area contributed by atoms with Crippen molar-refractivity contribution in [3.63, 3.8) is 0 Å². The first-order chi connectivity index (χ1) is 9.04. The molecule has 0 aromatic heterocycles. The number of carbonyl (C=O) groups is 1. The van der Waals surface area contributed by atoms with E-state index in [-0.39, 0.29) is 18.0 Å². The van der Waals surface area contributed by atoms with Gasteiger partial charge >= 0.3 is 0 Å². The van der Waals surface area contributed by atoms with Crippen molar-refractivity contribution in [3.05, 3.63) is 33.8 Å². The van der Waals surface area contributed by atoms with Crippen LogP contribution in [0.25, 0.3) is 0 Å². The predicted octanol–water partition coefficient (Wildman–Crippen LogP) is 3.10. The number of benzene rings is 1. The number of nitrogens with two attached hydrogens (primary N) is 1. The van der Waals surface area contributed by atoms with Crippen LogP contribution in [-0.2, 0) is 0 Å². The first-order valence-corrected chi connectivity index (χ1v) is 7.62. The maximum Gasteiger partial charge on any atom is 0.255 e. The van der Waals surface area contributed by atoms with Gasteiger partial charge in [0.2, 0.25) is 0 Å². The summed E-state index contributed by atoms with van der Waals surface area (Å²) in [4.78, 5) is 14.7. The van der Waals surface area contributed by atoms with E-state index in [0.29, 0.717) is 6.54 Å². The molecular weight excluding hydrogens is 304 g/mol. The van der Waals surface area contributed by atoms with E-state index in [0.717, 1.165) is 34.9 Å². The quantitative estimate of drug-likeness (QED) is 0.908. The minimum atomic E-state index is 0.0922. The Hall–Kier alpha value is -0.870. The van der Waals surface area contributed by atoms with Gasteiger partial charge in [0.05, 0.1) is 5.56 Å². The van der Waals surface area contributed by atoms with Crippen molar-refractivity contribution >= 4 is 21.8 Å². The van der Waals surface area contributed by atoms with Gasteiger partial charge in [0.1, 0.15) is 0 Å². The van der Waals surface area contributed by atoms with E-state index in [1.54, 1.807) is 0 Å². The molecule has 104 valence electrons. The van der Waals surface area contributed by atoms with Crippen molar-refractivity contribution in [2.45, 2.75) is 45.2 Å². The molecule has 2 N–H and O–H groups in total. The number of likely N-dealkylation sites (tertiary alicyclic amines) is 1. The zero-order valence-electron chi connectivity index (χ0n) is 11.5. The van der Waals surface area contributed by atoms with Crippen LogP contribution in [-0.4, -0.2) is 29.4 Å². The molecule has 1 amide bonds. The van der Waals surface area contributed by atoms with Crippen LogP contribution in [0.2, 0.25) is 0 Å². The van der Waals surface area contributed by atoms with Gasteiger partial charge in [0.25, 0.3) is 5.91 Å².